The molecule has 0 unspecified atom stereocenters. The van der Waals surface area contributed by atoms with Crippen molar-refractivity contribution in [2.45, 2.75) is 0 Å². The molecule has 0 amide bonds. The summed E-state index contributed by atoms with van der Waals surface area (Å²) in [5.74, 6) is -0.355. The quantitative estimate of drug-likeness (QED) is 0.523. The molecule has 0 fully saturated rings. The van der Waals surface area contributed by atoms with Crippen molar-refractivity contribution in [3.63, 3.8) is 0 Å². The van der Waals surface area contributed by atoms with Crippen molar-refractivity contribution in [1.29, 1.82) is 0 Å². The van der Waals surface area contributed by atoms with Gasteiger partial charge >= 0.3 is 0 Å². The van der Waals surface area contributed by atoms with E-state index in [4.69, 9.17) is 12.2 Å². The largest absolute Gasteiger partial charge is 0.250 e. The Labute approximate surface area is 143 Å². The van der Waals surface area contributed by atoms with Gasteiger partial charge in [0.2, 0.25) is 4.77 Å². The second kappa shape index (κ2) is 6.51. The molecule has 116 valence electrons. The number of hydrogen-bond acceptors (Lipinski definition) is 3. The first kappa shape index (κ1) is 15.7. The first-order valence-electron chi connectivity index (χ1n) is 6.47. The van der Waals surface area contributed by atoms with Crippen molar-refractivity contribution in [3.05, 3.63) is 68.9 Å². The van der Waals surface area contributed by atoms with Crippen LogP contribution in [0.3, 0.4) is 0 Å². The molecule has 4 nitrogen and oxygen atoms in total. The number of hydrogen-bond donors (Lipinski definition) is 1. The fraction of sp³-hybridized carbons (Fsp3) is 0. The molecule has 0 aliphatic carbocycles. The summed E-state index contributed by atoms with van der Waals surface area (Å²) in [4.78, 5) is 0. The van der Waals surface area contributed by atoms with E-state index in [0.29, 0.717) is 17.0 Å². The molecule has 0 spiro atoms. The van der Waals surface area contributed by atoms with E-state index in [-0.39, 0.29) is 10.6 Å². The first-order valence-corrected chi connectivity index (χ1v) is 7.67. The summed E-state index contributed by atoms with van der Waals surface area (Å²) in [7, 11) is 0. The predicted molar refractivity (Wildman–Crippen MR) is 89.9 cm³/mol. The minimum absolute atomic E-state index is 0.246. The van der Waals surface area contributed by atoms with E-state index in [2.05, 4.69) is 31.2 Å². The van der Waals surface area contributed by atoms with Crippen LogP contribution in [0, 0.1) is 16.4 Å². The van der Waals surface area contributed by atoms with Gasteiger partial charge in [0.25, 0.3) is 0 Å². The van der Waals surface area contributed by atoms with Gasteiger partial charge in [0.1, 0.15) is 11.6 Å². The topological polar surface area (TPSA) is 46.0 Å². The normalized spacial score (nSPS) is 11.3. The van der Waals surface area contributed by atoms with Crippen LogP contribution in [0.2, 0.25) is 0 Å². The molecule has 0 saturated heterocycles. The molecule has 1 heterocycles. The summed E-state index contributed by atoms with van der Waals surface area (Å²) in [5.41, 5.74) is 0.929. The number of benzene rings is 2. The van der Waals surface area contributed by atoms with E-state index in [9.17, 15) is 8.78 Å². The molecule has 0 radical (unpaired) electrons. The van der Waals surface area contributed by atoms with Crippen LogP contribution in [0.1, 0.15) is 5.56 Å². The first-order chi connectivity index (χ1) is 11.0. The standard InChI is InChI=1S/C15H9BrF2N4S/c16-11-3-6-13(18)10(7-11)8-19-22-14(20-21-15(22)23)9-1-4-12(17)5-2-9/h1-8H,(H,21,23). The maximum absolute atomic E-state index is 13.8. The van der Waals surface area contributed by atoms with Crippen molar-refractivity contribution >= 4 is 34.4 Å². The van der Waals surface area contributed by atoms with Crippen LogP contribution < -0.4 is 0 Å². The summed E-state index contributed by atoms with van der Waals surface area (Å²) < 4.78 is 29.1. The molecule has 0 bridgehead atoms. The Balaban J connectivity index is 2.02. The third-order valence-corrected chi connectivity index (χ3v) is 3.78. The minimum Gasteiger partial charge on any atom is -0.250 e. The molecule has 3 rings (SSSR count). The van der Waals surface area contributed by atoms with Crippen molar-refractivity contribution in [3.8, 4) is 11.4 Å². The van der Waals surface area contributed by atoms with Gasteiger partial charge in [-0.05, 0) is 54.7 Å². The smallest absolute Gasteiger partial charge is 0.216 e. The predicted octanol–water partition coefficient (Wildman–Crippen LogP) is 4.53. The van der Waals surface area contributed by atoms with Crippen LogP contribution in [-0.4, -0.2) is 21.1 Å². The molecule has 2 aromatic carbocycles. The highest BCUT2D eigenvalue weighted by molar-refractivity contribution is 9.10. The van der Waals surface area contributed by atoms with Crippen molar-refractivity contribution in [2.75, 3.05) is 0 Å². The molecule has 1 N–H and O–H groups in total. The Bertz CT molecular complexity index is 931. The summed E-state index contributed by atoms with van der Waals surface area (Å²) in [5, 5.41) is 10.9. The molecular weight excluding hydrogens is 386 g/mol. The highest BCUT2D eigenvalue weighted by Gasteiger charge is 2.08. The molecular formula is C15H9BrF2N4S. The summed E-state index contributed by atoms with van der Waals surface area (Å²) in [6, 6.07) is 10.3. The van der Waals surface area contributed by atoms with E-state index in [0.717, 1.165) is 4.47 Å². The van der Waals surface area contributed by atoms with Gasteiger partial charge in [0, 0.05) is 15.6 Å². The Morgan fingerprint density at radius 1 is 1.17 bits per heavy atom. The highest BCUT2D eigenvalue weighted by Crippen LogP contribution is 2.18. The lowest BCUT2D eigenvalue weighted by Gasteiger charge is -2.01. The zero-order chi connectivity index (χ0) is 16.4. The lowest BCUT2D eigenvalue weighted by molar-refractivity contribution is 0.625. The number of H-pyrrole nitrogens is 1. The van der Waals surface area contributed by atoms with Crippen LogP contribution in [0.5, 0.6) is 0 Å². The number of halogens is 3. The molecule has 8 heteroatoms. The highest BCUT2D eigenvalue weighted by atomic mass is 79.9. The third kappa shape index (κ3) is 3.43. The molecule has 0 aliphatic rings. The zero-order valence-electron chi connectivity index (χ0n) is 11.5. The van der Waals surface area contributed by atoms with Gasteiger partial charge < -0.3 is 0 Å². The number of nitrogens with one attached hydrogen (secondary N) is 1. The molecule has 0 aliphatic heterocycles. The number of aromatic nitrogens is 3. The van der Waals surface area contributed by atoms with E-state index in [1.807, 2.05) is 0 Å². The fourth-order valence-corrected chi connectivity index (χ4v) is 2.48. The number of rotatable bonds is 3. The van der Waals surface area contributed by atoms with E-state index in [1.165, 1.54) is 29.1 Å². The molecule has 3 aromatic rings. The van der Waals surface area contributed by atoms with E-state index >= 15 is 0 Å². The summed E-state index contributed by atoms with van der Waals surface area (Å²) in [6.07, 6.45) is 1.35. The Morgan fingerprint density at radius 2 is 1.91 bits per heavy atom. The molecule has 23 heavy (non-hydrogen) atoms. The Morgan fingerprint density at radius 3 is 2.65 bits per heavy atom. The van der Waals surface area contributed by atoms with Crippen LogP contribution in [0.4, 0.5) is 8.78 Å². The van der Waals surface area contributed by atoms with Gasteiger partial charge in [-0.2, -0.15) is 14.9 Å². The van der Waals surface area contributed by atoms with Gasteiger partial charge in [-0.15, -0.1) is 0 Å². The Kier molecular flexibility index (Phi) is 4.44. The fourth-order valence-electron chi connectivity index (χ4n) is 1.92. The second-order valence-corrected chi connectivity index (χ2v) is 5.88. The monoisotopic (exact) mass is 394 g/mol. The SMILES string of the molecule is Fc1ccc(-c2n[nH]c(=S)n2N=Cc2cc(Br)ccc2F)cc1. The van der Waals surface area contributed by atoms with Crippen LogP contribution >= 0.6 is 28.1 Å². The van der Waals surface area contributed by atoms with Crippen LogP contribution in [0.25, 0.3) is 11.4 Å². The number of nitrogens with zero attached hydrogens (tertiary/aromatic N) is 3. The van der Waals surface area contributed by atoms with Crippen LogP contribution in [-0.2, 0) is 0 Å². The van der Waals surface area contributed by atoms with Gasteiger partial charge in [-0.3, -0.25) is 0 Å². The van der Waals surface area contributed by atoms with Crippen molar-refractivity contribution in [2.24, 2.45) is 5.10 Å². The van der Waals surface area contributed by atoms with Crippen molar-refractivity contribution in [1.82, 2.24) is 14.9 Å². The Hall–Kier alpha value is -2.19. The maximum atomic E-state index is 13.8. The third-order valence-electron chi connectivity index (χ3n) is 3.02. The summed E-state index contributed by atoms with van der Waals surface area (Å²) >= 11 is 8.40. The average molecular weight is 395 g/mol. The average Bonchev–Trinajstić information content (AvgIpc) is 2.90. The maximum Gasteiger partial charge on any atom is 0.216 e. The lowest BCUT2D eigenvalue weighted by Crippen LogP contribution is -1.96. The van der Waals surface area contributed by atoms with Gasteiger partial charge in [0.05, 0.1) is 6.21 Å². The second-order valence-electron chi connectivity index (χ2n) is 4.58. The van der Waals surface area contributed by atoms with Crippen molar-refractivity contribution < 1.29 is 8.78 Å². The zero-order valence-corrected chi connectivity index (χ0v) is 13.9. The molecule has 0 saturated carbocycles. The van der Waals surface area contributed by atoms with E-state index in [1.54, 1.807) is 24.3 Å². The minimum atomic E-state index is -0.407. The van der Waals surface area contributed by atoms with Gasteiger partial charge in [-0.1, -0.05) is 15.9 Å². The lowest BCUT2D eigenvalue weighted by atomic mass is 10.2. The summed E-state index contributed by atoms with van der Waals surface area (Å²) in [6.45, 7) is 0. The van der Waals surface area contributed by atoms with Gasteiger partial charge in [-0.25, -0.2) is 13.9 Å². The number of aromatic amines is 1. The molecule has 1 aromatic heterocycles. The van der Waals surface area contributed by atoms with Gasteiger partial charge in [0.15, 0.2) is 5.82 Å². The van der Waals surface area contributed by atoms with E-state index < -0.39 is 5.82 Å². The van der Waals surface area contributed by atoms with Crippen LogP contribution in [0.15, 0.2) is 52.0 Å². The molecule has 0 atom stereocenters.